The van der Waals surface area contributed by atoms with Crippen molar-refractivity contribution in [2.24, 2.45) is 0 Å². The predicted octanol–water partition coefficient (Wildman–Crippen LogP) is 2.13. The second kappa shape index (κ2) is 4.97. The molecule has 72 valence electrons. The molecule has 1 atom stereocenters. The van der Waals surface area contributed by atoms with Crippen LogP contribution in [0.3, 0.4) is 0 Å². The van der Waals surface area contributed by atoms with Crippen molar-refractivity contribution in [3.05, 3.63) is 0 Å². The standard InChI is InChI=1S/C8H16ClNOS/c1-4-8(9,12)7(11)10(5-2)6-3/h12H,4-6H2,1-3H3. The molecule has 0 fully saturated rings. The Morgan fingerprint density at radius 2 is 1.83 bits per heavy atom. The summed E-state index contributed by atoms with van der Waals surface area (Å²) in [6.45, 7) is 7.08. The van der Waals surface area contributed by atoms with E-state index in [1.54, 1.807) is 4.90 Å². The van der Waals surface area contributed by atoms with Gasteiger partial charge in [-0.2, -0.15) is 0 Å². The quantitative estimate of drug-likeness (QED) is 0.556. The van der Waals surface area contributed by atoms with Gasteiger partial charge in [-0.15, -0.1) is 12.6 Å². The molecule has 0 radical (unpaired) electrons. The average Bonchev–Trinajstić information content (AvgIpc) is 2.06. The summed E-state index contributed by atoms with van der Waals surface area (Å²) >= 11 is 10.00. The number of halogens is 1. The molecule has 0 aliphatic rings. The first-order chi connectivity index (χ1) is 5.49. The highest BCUT2D eigenvalue weighted by Gasteiger charge is 2.32. The summed E-state index contributed by atoms with van der Waals surface area (Å²) < 4.78 is -1.02. The Bertz CT molecular complexity index is 157. The summed E-state index contributed by atoms with van der Waals surface area (Å²) in [5.41, 5.74) is 0. The van der Waals surface area contributed by atoms with E-state index in [1.165, 1.54) is 0 Å². The molecule has 0 aromatic rings. The Hall–Kier alpha value is 0.110. The van der Waals surface area contributed by atoms with Crippen LogP contribution in [-0.2, 0) is 4.79 Å². The number of hydrogen-bond donors (Lipinski definition) is 1. The van der Waals surface area contributed by atoms with Gasteiger partial charge < -0.3 is 4.90 Å². The molecular formula is C8H16ClNOS. The first-order valence-corrected chi connectivity index (χ1v) is 5.02. The molecule has 1 unspecified atom stereocenters. The van der Waals surface area contributed by atoms with Gasteiger partial charge in [-0.25, -0.2) is 0 Å². The summed E-state index contributed by atoms with van der Waals surface area (Å²) in [6.07, 6.45) is 0.535. The minimum absolute atomic E-state index is 0.0972. The van der Waals surface area contributed by atoms with Gasteiger partial charge in [0.2, 0.25) is 0 Å². The SMILES string of the molecule is CCN(CC)C(=O)C(S)(Cl)CC. The van der Waals surface area contributed by atoms with Crippen LogP contribution in [0.2, 0.25) is 0 Å². The largest absolute Gasteiger partial charge is 0.341 e. The van der Waals surface area contributed by atoms with Gasteiger partial charge >= 0.3 is 0 Å². The van der Waals surface area contributed by atoms with Gasteiger partial charge in [0, 0.05) is 13.1 Å². The van der Waals surface area contributed by atoms with Crippen molar-refractivity contribution in [3.8, 4) is 0 Å². The van der Waals surface area contributed by atoms with Crippen molar-refractivity contribution in [2.75, 3.05) is 13.1 Å². The summed E-state index contributed by atoms with van der Waals surface area (Å²) in [5, 5.41) is 0. The molecule has 0 N–H and O–H groups in total. The zero-order valence-corrected chi connectivity index (χ0v) is 9.45. The third-order valence-corrected chi connectivity index (χ3v) is 2.78. The van der Waals surface area contributed by atoms with E-state index in [4.69, 9.17) is 11.6 Å². The predicted molar refractivity (Wildman–Crippen MR) is 55.8 cm³/mol. The fraction of sp³-hybridized carbons (Fsp3) is 0.875. The monoisotopic (exact) mass is 209 g/mol. The van der Waals surface area contributed by atoms with Gasteiger partial charge in [-0.3, -0.25) is 4.79 Å². The maximum Gasteiger partial charge on any atom is 0.253 e. The smallest absolute Gasteiger partial charge is 0.253 e. The first kappa shape index (κ1) is 12.1. The van der Waals surface area contributed by atoms with Gasteiger partial charge in [-0.1, -0.05) is 18.5 Å². The fourth-order valence-electron chi connectivity index (χ4n) is 0.904. The summed E-state index contributed by atoms with van der Waals surface area (Å²) in [7, 11) is 0. The molecule has 0 saturated carbocycles. The molecule has 0 aliphatic heterocycles. The second-order valence-corrected chi connectivity index (χ2v) is 4.26. The van der Waals surface area contributed by atoms with E-state index in [2.05, 4.69) is 12.6 Å². The average molecular weight is 210 g/mol. The minimum atomic E-state index is -1.02. The van der Waals surface area contributed by atoms with Gasteiger partial charge in [-0.05, 0) is 20.3 Å². The number of amides is 1. The zero-order valence-electron chi connectivity index (χ0n) is 7.80. The normalized spacial score (nSPS) is 15.4. The second-order valence-electron chi connectivity index (χ2n) is 2.59. The van der Waals surface area contributed by atoms with Crippen LogP contribution in [0.25, 0.3) is 0 Å². The highest BCUT2D eigenvalue weighted by molar-refractivity contribution is 7.84. The fourth-order valence-corrected chi connectivity index (χ4v) is 1.17. The highest BCUT2D eigenvalue weighted by atomic mass is 35.5. The van der Waals surface area contributed by atoms with E-state index in [0.717, 1.165) is 0 Å². The van der Waals surface area contributed by atoms with Gasteiger partial charge in [0.05, 0.1) is 0 Å². The van der Waals surface area contributed by atoms with Crippen molar-refractivity contribution in [3.63, 3.8) is 0 Å². The van der Waals surface area contributed by atoms with Crippen LogP contribution in [0.5, 0.6) is 0 Å². The molecule has 2 nitrogen and oxygen atoms in total. The van der Waals surface area contributed by atoms with Crippen LogP contribution in [-0.4, -0.2) is 28.1 Å². The third kappa shape index (κ3) is 2.87. The number of carbonyl (C=O) groups is 1. The van der Waals surface area contributed by atoms with Crippen molar-refractivity contribution >= 4 is 30.1 Å². The number of rotatable bonds is 4. The maximum atomic E-state index is 11.6. The van der Waals surface area contributed by atoms with Crippen LogP contribution in [0.15, 0.2) is 0 Å². The Labute approximate surface area is 84.7 Å². The lowest BCUT2D eigenvalue weighted by Crippen LogP contribution is -2.41. The molecule has 0 saturated heterocycles. The van der Waals surface area contributed by atoms with Crippen LogP contribution in [0.1, 0.15) is 27.2 Å². The molecule has 12 heavy (non-hydrogen) atoms. The Morgan fingerprint density at radius 1 is 1.42 bits per heavy atom. The zero-order chi connectivity index (χ0) is 9.78. The molecular weight excluding hydrogens is 194 g/mol. The lowest BCUT2D eigenvalue weighted by atomic mass is 10.3. The van der Waals surface area contributed by atoms with Crippen LogP contribution in [0.4, 0.5) is 0 Å². The lowest BCUT2D eigenvalue weighted by molar-refractivity contribution is -0.131. The Kier molecular flexibility index (Phi) is 5.02. The van der Waals surface area contributed by atoms with Crippen molar-refractivity contribution in [1.29, 1.82) is 0 Å². The van der Waals surface area contributed by atoms with Crippen LogP contribution in [0, 0.1) is 0 Å². The molecule has 0 rings (SSSR count). The summed E-state index contributed by atoms with van der Waals surface area (Å²) in [5.74, 6) is -0.0972. The van der Waals surface area contributed by atoms with Crippen molar-refractivity contribution < 1.29 is 4.79 Å². The maximum absolute atomic E-state index is 11.6. The van der Waals surface area contributed by atoms with Gasteiger partial charge in [0.25, 0.3) is 5.91 Å². The van der Waals surface area contributed by atoms with E-state index >= 15 is 0 Å². The van der Waals surface area contributed by atoms with E-state index in [9.17, 15) is 4.79 Å². The topological polar surface area (TPSA) is 20.3 Å². The summed E-state index contributed by atoms with van der Waals surface area (Å²) in [4.78, 5) is 13.3. The Morgan fingerprint density at radius 3 is 2.08 bits per heavy atom. The van der Waals surface area contributed by atoms with Crippen molar-refractivity contribution in [2.45, 2.75) is 31.4 Å². The molecule has 0 aliphatic carbocycles. The van der Waals surface area contributed by atoms with E-state index in [-0.39, 0.29) is 5.91 Å². The molecule has 4 heteroatoms. The van der Waals surface area contributed by atoms with Crippen molar-refractivity contribution in [1.82, 2.24) is 4.90 Å². The van der Waals surface area contributed by atoms with Gasteiger partial charge in [0.1, 0.15) is 0 Å². The van der Waals surface area contributed by atoms with Crippen LogP contribution >= 0.6 is 24.2 Å². The number of carbonyl (C=O) groups excluding carboxylic acids is 1. The number of alkyl halides is 1. The highest BCUT2D eigenvalue weighted by Crippen LogP contribution is 2.26. The molecule has 0 aromatic heterocycles. The first-order valence-electron chi connectivity index (χ1n) is 4.20. The van der Waals surface area contributed by atoms with E-state index in [0.29, 0.717) is 19.5 Å². The third-order valence-electron chi connectivity index (χ3n) is 1.85. The minimum Gasteiger partial charge on any atom is -0.341 e. The molecule has 1 amide bonds. The number of thiol groups is 1. The molecule has 0 heterocycles. The van der Waals surface area contributed by atoms with Crippen LogP contribution < -0.4 is 0 Å². The molecule has 0 bridgehead atoms. The lowest BCUT2D eigenvalue weighted by Gasteiger charge is -2.26. The number of hydrogen-bond acceptors (Lipinski definition) is 2. The van der Waals surface area contributed by atoms with Gasteiger partial charge in [0.15, 0.2) is 4.21 Å². The van der Waals surface area contributed by atoms with E-state index < -0.39 is 4.21 Å². The molecule has 0 aromatic carbocycles. The van der Waals surface area contributed by atoms with E-state index in [1.807, 2.05) is 20.8 Å². The number of nitrogens with zero attached hydrogens (tertiary/aromatic N) is 1. The summed E-state index contributed by atoms with van der Waals surface area (Å²) in [6, 6.07) is 0. The Balaban J connectivity index is 4.35. The molecule has 0 spiro atoms.